The van der Waals surface area contributed by atoms with Crippen molar-refractivity contribution in [2.45, 2.75) is 26.4 Å². The van der Waals surface area contributed by atoms with E-state index >= 15 is 0 Å². The zero-order valence-corrected chi connectivity index (χ0v) is 18.3. The highest BCUT2D eigenvalue weighted by molar-refractivity contribution is 5.97. The minimum Gasteiger partial charge on any atom is -0.444 e. The topological polar surface area (TPSA) is 83.7 Å². The van der Waals surface area contributed by atoms with E-state index in [0.717, 1.165) is 35.2 Å². The predicted octanol–water partition coefficient (Wildman–Crippen LogP) is 4.62. The number of fused-ring (bicyclic) bond motifs is 1. The molecule has 3 N–H and O–H groups in total. The third-order valence-corrected chi connectivity index (χ3v) is 5.23. The van der Waals surface area contributed by atoms with E-state index in [4.69, 9.17) is 10.5 Å². The summed E-state index contributed by atoms with van der Waals surface area (Å²) in [4.78, 5) is 20.8. The number of ether oxygens (including phenoxy) is 1. The van der Waals surface area contributed by atoms with Crippen molar-refractivity contribution in [2.75, 3.05) is 42.1 Å². The van der Waals surface area contributed by atoms with Crippen LogP contribution in [0.1, 0.15) is 20.8 Å². The van der Waals surface area contributed by atoms with E-state index in [-0.39, 0.29) is 6.09 Å². The quantitative estimate of drug-likeness (QED) is 0.645. The van der Waals surface area contributed by atoms with Crippen molar-refractivity contribution in [1.82, 2.24) is 9.88 Å². The number of pyridine rings is 1. The van der Waals surface area contributed by atoms with Crippen molar-refractivity contribution in [2.24, 2.45) is 0 Å². The molecule has 0 bridgehead atoms. The fourth-order valence-electron chi connectivity index (χ4n) is 3.72. The van der Waals surface area contributed by atoms with Gasteiger partial charge >= 0.3 is 6.09 Å². The first-order valence-corrected chi connectivity index (χ1v) is 10.5. The Morgan fingerprint density at radius 1 is 1.06 bits per heavy atom. The van der Waals surface area contributed by atoms with Gasteiger partial charge in [-0.15, -0.1) is 0 Å². The monoisotopic (exact) mass is 419 g/mol. The predicted molar refractivity (Wildman–Crippen MR) is 126 cm³/mol. The van der Waals surface area contributed by atoms with Gasteiger partial charge in [-0.05, 0) is 56.5 Å². The Balaban J connectivity index is 1.53. The number of nitrogens with zero attached hydrogens (tertiary/aromatic N) is 3. The van der Waals surface area contributed by atoms with Crippen molar-refractivity contribution in [1.29, 1.82) is 0 Å². The van der Waals surface area contributed by atoms with Crippen LogP contribution >= 0.6 is 0 Å². The summed E-state index contributed by atoms with van der Waals surface area (Å²) in [5.41, 5.74) is 8.23. The second-order valence-electron chi connectivity index (χ2n) is 8.73. The number of rotatable bonds is 3. The molecule has 1 aromatic heterocycles. The second-order valence-corrected chi connectivity index (χ2v) is 8.73. The Morgan fingerprint density at radius 2 is 1.84 bits per heavy atom. The minimum absolute atomic E-state index is 0.246. The van der Waals surface area contributed by atoms with E-state index in [2.05, 4.69) is 45.5 Å². The van der Waals surface area contributed by atoms with E-state index in [1.165, 1.54) is 0 Å². The largest absolute Gasteiger partial charge is 0.444 e. The highest BCUT2D eigenvalue weighted by atomic mass is 16.6. The fourth-order valence-corrected chi connectivity index (χ4v) is 3.72. The molecule has 4 rings (SSSR count). The molecule has 3 aromatic rings. The number of carbonyl (C=O) groups is 1. The van der Waals surface area contributed by atoms with Gasteiger partial charge in [0.25, 0.3) is 0 Å². The molecule has 1 amide bonds. The van der Waals surface area contributed by atoms with Crippen LogP contribution in [0.2, 0.25) is 0 Å². The average molecular weight is 420 g/mol. The van der Waals surface area contributed by atoms with Crippen molar-refractivity contribution in [3.63, 3.8) is 0 Å². The van der Waals surface area contributed by atoms with Crippen LogP contribution in [0.5, 0.6) is 0 Å². The Bertz CT molecular complexity index is 1080. The van der Waals surface area contributed by atoms with Crippen LogP contribution in [0.3, 0.4) is 0 Å². The Kier molecular flexibility index (Phi) is 5.59. The average Bonchev–Trinajstić information content (AvgIpc) is 2.74. The summed E-state index contributed by atoms with van der Waals surface area (Å²) in [5.74, 6) is 0.644. The Hall–Kier alpha value is -3.48. The maximum absolute atomic E-state index is 12.4. The van der Waals surface area contributed by atoms with Gasteiger partial charge in [-0.25, -0.2) is 9.78 Å². The SMILES string of the molecule is CC(C)(C)OC(=O)N1CCN(c2cccc3ccc(Nc4ncccc4N)cc23)CC1. The summed E-state index contributed by atoms with van der Waals surface area (Å²) < 4.78 is 5.51. The highest BCUT2D eigenvalue weighted by Crippen LogP contribution is 2.31. The first-order valence-electron chi connectivity index (χ1n) is 10.5. The molecule has 31 heavy (non-hydrogen) atoms. The first-order chi connectivity index (χ1) is 14.8. The molecule has 1 aliphatic rings. The standard InChI is InChI=1S/C24H29N5O2/c1-24(2,3)31-23(30)29-14-12-28(13-15-29)21-8-4-6-17-9-10-18(16-19(17)21)27-22-20(25)7-5-11-26-22/h4-11,16H,12-15,25H2,1-3H3,(H,26,27). The van der Waals surface area contributed by atoms with E-state index in [1.807, 2.05) is 39.0 Å². The highest BCUT2D eigenvalue weighted by Gasteiger charge is 2.26. The summed E-state index contributed by atoms with van der Waals surface area (Å²) in [6.07, 6.45) is 1.47. The lowest BCUT2D eigenvalue weighted by atomic mass is 10.1. The van der Waals surface area contributed by atoms with Gasteiger partial charge in [0.1, 0.15) is 5.60 Å². The third kappa shape index (κ3) is 4.82. The van der Waals surface area contributed by atoms with Crippen LogP contribution in [0.25, 0.3) is 10.8 Å². The number of nitrogens with one attached hydrogen (secondary N) is 1. The number of anilines is 4. The minimum atomic E-state index is -0.482. The number of hydrogen-bond acceptors (Lipinski definition) is 6. The van der Waals surface area contributed by atoms with Crippen LogP contribution < -0.4 is 16.0 Å². The lowest BCUT2D eigenvalue weighted by Gasteiger charge is -2.37. The lowest BCUT2D eigenvalue weighted by Crippen LogP contribution is -2.50. The molecule has 0 saturated carbocycles. The molecule has 2 aromatic carbocycles. The van der Waals surface area contributed by atoms with Crippen LogP contribution in [0.15, 0.2) is 54.7 Å². The van der Waals surface area contributed by atoms with Crippen LogP contribution in [0.4, 0.5) is 27.7 Å². The Morgan fingerprint density at radius 3 is 2.55 bits per heavy atom. The number of aromatic nitrogens is 1. The number of piperazine rings is 1. The van der Waals surface area contributed by atoms with Gasteiger partial charge < -0.3 is 25.6 Å². The summed E-state index contributed by atoms with van der Waals surface area (Å²) in [5, 5.41) is 5.62. The zero-order valence-electron chi connectivity index (χ0n) is 18.3. The van der Waals surface area contributed by atoms with Crippen LogP contribution in [-0.2, 0) is 4.74 Å². The normalized spacial score (nSPS) is 14.5. The lowest BCUT2D eigenvalue weighted by molar-refractivity contribution is 0.0240. The van der Waals surface area contributed by atoms with Gasteiger partial charge in [-0.1, -0.05) is 18.2 Å². The number of benzene rings is 2. The second kappa shape index (κ2) is 8.34. The van der Waals surface area contributed by atoms with E-state index in [1.54, 1.807) is 11.1 Å². The molecule has 1 fully saturated rings. The smallest absolute Gasteiger partial charge is 0.410 e. The zero-order chi connectivity index (χ0) is 22.0. The third-order valence-electron chi connectivity index (χ3n) is 5.23. The molecule has 0 atom stereocenters. The number of nitrogen functional groups attached to an aromatic ring is 1. The van der Waals surface area contributed by atoms with Crippen LogP contribution in [-0.4, -0.2) is 47.8 Å². The van der Waals surface area contributed by atoms with Crippen molar-refractivity contribution in [3.8, 4) is 0 Å². The number of carbonyl (C=O) groups excluding carboxylic acids is 1. The summed E-state index contributed by atoms with van der Waals surface area (Å²) >= 11 is 0. The number of amides is 1. The summed E-state index contributed by atoms with van der Waals surface area (Å²) in [6.45, 7) is 8.44. The molecule has 0 unspecified atom stereocenters. The Labute approximate surface area is 182 Å². The molecule has 7 heteroatoms. The van der Waals surface area contributed by atoms with E-state index in [9.17, 15) is 4.79 Å². The molecule has 2 heterocycles. The fraction of sp³-hybridized carbons (Fsp3) is 0.333. The maximum Gasteiger partial charge on any atom is 0.410 e. The van der Waals surface area contributed by atoms with Crippen molar-refractivity contribution < 1.29 is 9.53 Å². The summed E-state index contributed by atoms with van der Waals surface area (Å²) in [6, 6.07) is 16.2. The maximum atomic E-state index is 12.4. The molecule has 0 radical (unpaired) electrons. The van der Waals surface area contributed by atoms with Gasteiger partial charge in [0, 0.05) is 49.1 Å². The molecule has 7 nitrogen and oxygen atoms in total. The van der Waals surface area contributed by atoms with Crippen LogP contribution in [0, 0.1) is 0 Å². The molecule has 162 valence electrons. The van der Waals surface area contributed by atoms with Crippen molar-refractivity contribution in [3.05, 3.63) is 54.7 Å². The molecule has 0 spiro atoms. The van der Waals surface area contributed by atoms with Gasteiger partial charge in [0.2, 0.25) is 0 Å². The summed E-state index contributed by atoms with van der Waals surface area (Å²) in [7, 11) is 0. The van der Waals surface area contributed by atoms with Gasteiger partial charge in [-0.3, -0.25) is 0 Å². The first kappa shape index (κ1) is 20.8. The molecular weight excluding hydrogens is 390 g/mol. The van der Waals surface area contributed by atoms with Crippen molar-refractivity contribution >= 4 is 39.7 Å². The number of hydrogen-bond donors (Lipinski definition) is 2. The van der Waals surface area contributed by atoms with Gasteiger partial charge in [0.05, 0.1) is 5.69 Å². The molecular formula is C24H29N5O2. The van der Waals surface area contributed by atoms with E-state index < -0.39 is 5.60 Å². The molecule has 1 aliphatic heterocycles. The van der Waals surface area contributed by atoms with E-state index in [0.29, 0.717) is 24.6 Å². The molecule has 1 saturated heterocycles. The van der Waals surface area contributed by atoms with Gasteiger partial charge in [0.15, 0.2) is 5.82 Å². The molecule has 0 aliphatic carbocycles. The number of nitrogens with two attached hydrogens (primary N) is 1. The van der Waals surface area contributed by atoms with Gasteiger partial charge in [-0.2, -0.15) is 0 Å².